The van der Waals surface area contributed by atoms with E-state index >= 15 is 0 Å². The normalized spacial score (nSPS) is 11.2. The predicted octanol–water partition coefficient (Wildman–Crippen LogP) is 5.22. The summed E-state index contributed by atoms with van der Waals surface area (Å²) in [4.78, 5) is 16.8. The summed E-state index contributed by atoms with van der Waals surface area (Å²) in [6.07, 6.45) is -1.000. The van der Waals surface area contributed by atoms with Gasteiger partial charge in [0.1, 0.15) is 0 Å². The van der Waals surface area contributed by atoms with Gasteiger partial charge in [0.15, 0.2) is 0 Å². The number of aromatic nitrogens is 1. The van der Waals surface area contributed by atoms with E-state index in [1.807, 2.05) is 24.3 Å². The van der Waals surface area contributed by atoms with Gasteiger partial charge in [-0.25, -0.2) is 4.79 Å². The van der Waals surface area contributed by atoms with Crippen molar-refractivity contribution >= 4 is 23.7 Å². The van der Waals surface area contributed by atoms with Crippen LogP contribution in [0.5, 0.6) is 0 Å². The molecule has 30 heavy (non-hydrogen) atoms. The van der Waals surface area contributed by atoms with Crippen LogP contribution >= 0.6 is 11.9 Å². The molecule has 0 unspecified atom stereocenters. The fourth-order valence-electron chi connectivity index (χ4n) is 2.48. The number of pyridine rings is 1. The average Bonchev–Trinajstić information content (AvgIpc) is 2.74. The summed E-state index contributed by atoms with van der Waals surface area (Å²) in [5.74, 6) is 0. The van der Waals surface area contributed by atoms with Gasteiger partial charge in [-0.2, -0.15) is 13.2 Å². The third kappa shape index (κ3) is 6.78. The van der Waals surface area contributed by atoms with Gasteiger partial charge in [0, 0.05) is 36.1 Å². The van der Waals surface area contributed by atoms with Crippen molar-refractivity contribution in [3.05, 3.63) is 89.7 Å². The van der Waals surface area contributed by atoms with Crippen LogP contribution in [0, 0.1) is 0 Å². The number of nitrogens with one attached hydrogen (secondary N) is 3. The molecule has 2 aromatic carbocycles. The van der Waals surface area contributed by atoms with Gasteiger partial charge in [-0.15, -0.1) is 0 Å². The summed E-state index contributed by atoms with van der Waals surface area (Å²) < 4.78 is 40.8. The number of benzene rings is 2. The van der Waals surface area contributed by atoms with E-state index in [9.17, 15) is 18.0 Å². The van der Waals surface area contributed by atoms with Crippen molar-refractivity contribution in [3.8, 4) is 0 Å². The molecule has 9 heteroatoms. The molecule has 0 saturated carbocycles. The van der Waals surface area contributed by atoms with Crippen molar-refractivity contribution in [1.29, 1.82) is 0 Å². The van der Waals surface area contributed by atoms with Gasteiger partial charge >= 0.3 is 12.2 Å². The van der Waals surface area contributed by atoms with Crippen molar-refractivity contribution in [2.45, 2.75) is 24.2 Å². The second-order valence-corrected chi connectivity index (χ2v) is 7.27. The quantitative estimate of drug-likeness (QED) is 0.448. The summed E-state index contributed by atoms with van der Waals surface area (Å²) >= 11 is 1.35. The van der Waals surface area contributed by atoms with E-state index in [2.05, 4.69) is 20.3 Å². The number of carbonyl (C=O) groups is 1. The maximum Gasteiger partial charge on any atom is 0.416 e. The molecule has 0 saturated heterocycles. The minimum atomic E-state index is -4.33. The molecule has 0 aliphatic heterocycles. The Bertz CT molecular complexity index is 949. The molecule has 0 aliphatic rings. The van der Waals surface area contributed by atoms with Crippen LogP contribution in [0.3, 0.4) is 0 Å². The van der Waals surface area contributed by atoms with Crippen LogP contribution in [0.4, 0.5) is 23.7 Å². The van der Waals surface area contributed by atoms with Crippen molar-refractivity contribution < 1.29 is 18.0 Å². The smallest absolute Gasteiger partial charge is 0.334 e. The van der Waals surface area contributed by atoms with Gasteiger partial charge in [-0.3, -0.25) is 9.71 Å². The first kappa shape index (κ1) is 21.7. The van der Waals surface area contributed by atoms with Crippen LogP contribution in [0.15, 0.2) is 78.0 Å². The Morgan fingerprint density at radius 1 is 0.867 bits per heavy atom. The number of urea groups is 1. The molecule has 0 radical (unpaired) electrons. The molecule has 0 spiro atoms. The highest BCUT2D eigenvalue weighted by atomic mass is 32.2. The van der Waals surface area contributed by atoms with Crippen LogP contribution < -0.4 is 15.4 Å². The number of hydrogen-bond donors (Lipinski definition) is 3. The van der Waals surface area contributed by atoms with Crippen molar-refractivity contribution in [2.75, 3.05) is 5.32 Å². The number of carbonyl (C=O) groups excluding carboxylic acids is 1. The standard InChI is InChI=1S/C21H19F3N4OS/c22-21(23,24)17-3-1-15(2-4-17)14-27-30-19-7-5-18(6-8-19)28-20(29)26-13-16-9-11-25-12-10-16/h1-12,27H,13-14H2,(H2,26,28,29). The second kappa shape index (κ2) is 10.1. The van der Waals surface area contributed by atoms with E-state index in [1.54, 1.807) is 24.5 Å². The molecule has 3 rings (SSSR count). The third-order valence-corrected chi connectivity index (χ3v) is 4.86. The summed E-state index contributed by atoms with van der Waals surface area (Å²) in [5.41, 5.74) is 1.69. The lowest BCUT2D eigenvalue weighted by Crippen LogP contribution is -2.28. The van der Waals surface area contributed by atoms with Gasteiger partial charge < -0.3 is 10.6 Å². The van der Waals surface area contributed by atoms with Crippen molar-refractivity contribution in [2.24, 2.45) is 0 Å². The first-order valence-corrected chi connectivity index (χ1v) is 9.81. The summed E-state index contributed by atoms with van der Waals surface area (Å²) in [6, 6.07) is 15.6. The first-order valence-electron chi connectivity index (χ1n) is 9.00. The average molecular weight is 432 g/mol. The van der Waals surface area contributed by atoms with Crippen LogP contribution in [0.25, 0.3) is 0 Å². The molecular weight excluding hydrogens is 413 g/mol. The number of amides is 2. The number of anilines is 1. The van der Waals surface area contributed by atoms with Gasteiger partial charge in [-0.1, -0.05) is 12.1 Å². The largest absolute Gasteiger partial charge is 0.416 e. The maximum absolute atomic E-state index is 12.6. The maximum atomic E-state index is 12.6. The van der Waals surface area contributed by atoms with E-state index in [0.29, 0.717) is 18.8 Å². The summed E-state index contributed by atoms with van der Waals surface area (Å²) in [7, 11) is 0. The minimum Gasteiger partial charge on any atom is -0.334 e. The number of alkyl halides is 3. The molecule has 5 nitrogen and oxygen atoms in total. The number of halogens is 3. The monoisotopic (exact) mass is 432 g/mol. The third-order valence-electron chi connectivity index (χ3n) is 4.06. The van der Waals surface area contributed by atoms with E-state index < -0.39 is 11.7 Å². The van der Waals surface area contributed by atoms with Crippen LogP contribution in [0.1, 0.15) is 16.7 Å². The lowest BCUT2D eigenvalue weighted by molar-refractivity contribution is -0.137. The molecule has 0 atom stereocenters. The lowest BCUT2D eigenvalue weighted by atomic mass is 10.1. The highest BCUT2D eigenvalue weighted by Crippen LogP contribution is 2.29. The zero-order chi connectivity index (χ0) is 21.4. The first-order chi connectivity index (χ1) is 14.4. The molecule has 0 bridgehead atoms. The fourth-order valence-corrected chi connectivity index (χ4v) is 3.16. The fraction of sp³-hybridized carbons (Fsp3) is 0.143. The van der Waals surface area contributed by atoms with Gasteiger partial charge in [0.2, 0.25) is 0 Å². The highest BCUT2D eigenvalue weighted by Gasteiger charge is 2.29. The SMILES string of the molecule is O=C(NCc1ccncc1)Nc1ccc(SNCc2ccc(C(F)(F)F)cc2)cc1. The van der Waals surface area contributed by atoms with Gasteiger partial charge in [0.05, 0.1) is 5.56 Å². The molecule has 0 aliphatic carbocycles. The zero-order valence-electron chi connectivity index (χ0n) is 15.7. The summed E-state index contributed by atoms with van der Waals surface area (Å²) in [6.45, 7) is 0.816. The number of nitrogens with zero attached hydrogens (tertiary/aromatic N) is 1. The molecule has 3 N–H and O–H groups in total. The van der Waals surface area contributed by atoms with Crippen molar-refractivity contribution in [3.63, 3.8) is 0 Å². The van der Waals surface area contributed by atoms with E-state index in [-0.39, 0.29) is 6.03 Å². The van der Waals surface area contributed by atoms with E-state index in [1.165, 1.54) is 24.1 Å². The predicted molar refractivity (Wildman–Crippen MR) is 111 cm³/mol. The molecule has 1 aromatic heterocycles. The minimum absolute atomic E-state index is 0.312. The number of rotatable bonds is 7. The summed E-state index contributed by atoms with van der Waals surface area (Å²) in [5, 5.41) is 5.51. The van der Waals surface area contributed by atoms with E-state index in [0.717, 1.165) is 28.2 Å². The Kier molecular flexibility index (Phi) is 7.31. The molecule has 0 fully saturated rings. The Morgan fingerprint density at radius 2 is 1.50 bits per heavy atom. The molecule has 1 heterocycles. The van der Waals surface area contributed by atoms with Crippen LogP contribution in [-0.4, -0.2) is 11.0 Å². The molecule has 3 aromatic rings. The second-order valence-electron chi connectivity index (χ2n) is 6.31. The lowest BCUT2D eigenvalue weighted by Gasteiger charge is -2.09. The zero-order valence-corrected chi connectivity index (χ0v) is 16.6. The van der Waals surface area contributed by atoms with Gasteiger partial charge in [-0.05, 0) is 71.6 Å². The Morgan fingerprint density at radius 3 is 2.13 bits per heavy atom. The van der Waals surface area contributed by atoms with Crippen LogP contribution in [0.2, 0.25) is 0 Å². The highest BCUT2D eigenvalue weighted by molar-refractivity contribution is 7.97. The molecule has 156 valence electrons. The van der Waals surface area contributed by atoms with E-state index in [4.69, 9.17) is 0 Å². The number of hydrogen-bond acceptors (Lipinski definition) is 4. The van der Waals surface area contributed by atoms with Crippen molar-refractivity contribution in [1.82, 2.24) is 15.0 Å². The Labute approximate surface area is 176 Å². The Balaban J connectivity index is 1.41. The van der Waals surface area contributed by atoms with Crippen LogP contribution in [-0.2, 0) is 19.3 Å². The molecular formula is C21H19F3N4OS. The molecule has 2 amide bonds. The van der Waals surface area contributed by atoms with Gasteiger partial charge in [0.25, 0.3) is 0 Å². The topological polar surface area (TPSA) is 66.0 Å². The Hall–Kier alpha value is -3.04.